The van der Waals surface area contributed by atoms with Gasteiger partial charge in [-0.1, -0.05) is 18.2 Å². The molecule has 2 aliphatic rings. The minimum atomic E-state index is -0.947. The molecule has 0 saturated heterocycles. The second-order valence-electron chi connectivity index (χ2n) is 9.63. The quantitative estimate of drug-likeness (QED) is 0.345. The molecular weight excluding hydrogens is 456 g/mol. The summed E-state index contributed by atoms with van der Waals surface area (Å²) in [6.45, 7) is 2.58. The van der Waals surface area contributed by atoms with Crippen molar-refractivity contribution in [3.8, 4) is 17.2 Å². The molecule has 0 spiro atoms. The van der Waals surface area contributed by atoms with Crippen LogP contribution in [0.4, 0.5) is 0 Å². The molecular formula is C30H38O6. The van der Waals surface area contributed by atoms with Crippen molar-refractivity contribution in [2.24, 2.45) is 0 Å². The van der Waals surface area contributed by atoms with Crippen LogP contribution in [0.2, 0.25) is 0 Å². The fourth-order valence-electron chi connectivity index (χ4n) is 4.91. The van der Waals surface area contributed by atoms with E-state index < -0.39 is 12.1 Å². The number of benzene rings is 2. The molecule has 194 valence electrons. The van der Waals surface area contributed by atoms with Crippen LogP contribution in [-0.2, 0) is 16.0 Å². The largest absolute Gasteiger partial charge is 0.490 e. The van der Waals surface area contributed by atoms with Gasteiger partial charge < -0.3 is 24.1 Å². The average Bonchev–Trinajstić information content (AvgIpc) is 3.57. The summed E-state index contributed by atoms with van der Waals surface area (Å²) >= 11 is 0. The molecule has 6 heteroatoms. The fourth-order valence-corrected chi connectivity index (χ4v) is 4.91. The van der Waals surface area contributed by atoms with Crippen LogP contribution in [0, 0.1) is 0 Å². The summed E-state index contributed by atoms with van der Waals surface area (Å²) in [4.78, 5) is 11.3. The van der Waals surface area contributed by atoms with E-state index in [1.807, 2.05) is 42.5 Å². The summed E-state index contributed by atoms with van der Waals surface area (Å²) in [5, 5.41) is 9.26. The van der Waals surface area contributed by atoms with Gasteiger partial charge in [-0.25, -0.2) is 4.79 Å². The van der Waals surface area contributed by atoms with Crippen molar-refractivity contribution in [1.29, 1.82) is 0 Å². The maximum absolute atomic E-state index is 11.3. The second-order valence-corrected chi connectivity index (χ2v) is 9.63. The first kappa shape index (κ1) is 26.1. The Kier molecular flexibility index (Phi) is 9.68. The zero-order chi connectivity index (χ0) is 25.2. The van der Waals surface area contributed by atoms with E-state index in [1.54, 1.807) is 6.92 Å². The number of carbonyl (C=O) groups is 1. The van der Waals surface area contributed by atoms with Gasteiger partial charge >= 0.3 is 5.97 Å². The number of aliphatic carboxylic acids is 1. The molecule has 0 heterocycles. The molecule has 0 unspecified atom stereocenters. The van der Waals surface area contributed by atoms with Crippen molar-refractivity contribution in [2.75, 3.05) is 13.2 Å². The monoisotopic (exact) mass is 494 g/mol. The molecule has 2 saturated carbocycles. The van der Waals surface area contributed by atoms with Crippen LogP contribution in [0.15, 0.2) is 48.5 Å². The maximum atomic E-state index is 11.3. The van der Waals surface area contributed by atoms with E-state index in [2.05, 4.69) is 12.1 Å². The molecule has 0 aliphatic heterocycles. The molecule has 0 amide bonds. The molecule has 2 aliphatic carbocycles. The third-order valence-corrected chi connectivity index (χ3v) is 6.76. The first-order valence-corrected chi connectivity index (χ1v) is 13.3. The smallest absolute Gasteiger partial charge is 0.333 e. The molecule has 4 rings (SSSR count). The number of carboxylic acids is 1. The summed E-state index contributed by atoms with van der Waals surface area (Å²) in [5.41, 5.74) is 1.93. The predicted molar refractivity (Wildman–Crippen MR) is 140 cm³/mol. The standard InChI is InChI=1S/C30H38O6/c1-2-33-29(30(31)32)20-22-13-15-24(16-14-22)34-17-7-8-23-18-27(35-25-9-3-4-10-25)21-28(19-23)36-26-11-5-6-12-26/h7-8,13-16,18-19,21,25-26,29H,2-6,9-12,17,20H2,1H3,(H,31,32)/t29-/m0/s1. The topological polar surface area (TPSA) is 74.2 Å². The lowest BCUT2D eigenvalue weighted by Crippen LogP contribution is -2.26. The molecule has 0 aromatic heterocycles. The highest BCUT2D eigenvalue weighted by atomic mass is 16.5. The first-order valence-electron chi connectivity index (χ1n) is 13.3. The lowest BCUT2D eigenvalue weighted by atomic mass is 10.1. The predicted octanol–water partition coefficient (Wildman–Crippen LogP) is 6.45. The number of rotatable bonds is 13. The Labute approximate surface area is 214 Å². The van der Waals surface area contributed by atoms with E-state index in [4.69, 9.17) is 18.9 Å². The Balaban J connectivity index is 1.34. The van der Waals surface area contributed by atoms with Crippen LogP contribution < -0.4 is 14.2 Å². The van der Waals surface area contributed by atoms with E-state index in [1.165, 1.54) is 25.7 Å². The van der Waals surface area contributed by atoms with Gasteiger partial charge in [0.15, 0.2) is 6.10 Å². The van der Waals surface area contributed by atoms with Gasteiger partial charge in [-0.2, -0.15) is 0 Å². The second kappa shape index (κ2) is 13.4. The van der Waals surface area contributed by atoms with E-state index in [0.717, 1.165) is 54.1 Å². The summed E-state index contributed by atoms with van der Waals surface area (Å²) < 4.78 is 23.7. The van der Waals surface area contributed by atoms with Gasteiger partial charge in [-0.15, -0.1) is 0 Å². The van der Waals surface area contributed by atoms with Crippen LogP contribution in [0.25, 0.3) is 6.08 Å². The van der Waals surface area contributed by atoms with Gasteiger partial charge in [0.2, 0.25) is 0 Å². The van der Waals surface area contributed by atoms with E-state index >= 15 is 0 Å². The minimum absolute atomic E-state index is 0.300. The summed E-state index contributed by atoms with van der Waals surface area (Å²) in [5.74, 6) is 1.53. The van der Waals surface area contributed by atoms with Gasteiger partial charge in [0, 0.05) is 19.1 Å². The highest BCUT2D eigenvalue weighted by molar-refractivity contribution is 5.72. The Hall–Kier alpha value is -2.99. The molecule has 2 aromatic rings. The van der Waals surface area contributed by atoms with Gasteiger partial charge in [-0.3, -0.25) is 0 Å². The van der Waals surface area contributed by atoms with Crippen molar-refractivity contribution in [3.05, 3.63) is 59.7 Å². The van der Waals surface area contributed by atoms with Crippen LogP contribution in [0.1, 0.15) is 69.4 Å². The molecule has 1 N–H and O–H groups in total. The Morgan fingerprint density at radius 1 is 0.917 bits per heavy atom. The molecule has 2 fully saturated rings. The van der Waals surface area contributed by atoms with Crippen molar-refractivity contribution in [3.63, 3.8) is 0 Å². The number of ether oxygens (including phenoxy) is 4. The lowest BCUT2D eigenvalue weighted by Gasteiger charge is -2.17. The van der Waals surface area contributed by atoms with Crippen LogP contribution in [0.5, 0.6) is 17.2 Å². The number of carboxylic acid groups (broad SMARTS) is 1. The summed E-state index contributed by atoms with van der Waals surface area (Å²) in [6, 6.07) is 13.7. The van der Waals surface area contributed by atoms with Gasteiger partial charge in [0.25, 0.3) is 0 Å². The molecule has 0 radical (unpaired) electrons. The van der Waals surface area contributed by atoms with Crippen molar-refractivity contribution in [2.45, 2.75) is 83.0 Å². The Morgan fingerprint density at radius 3 is 2.03 bits per heavy atom. The first-order chi connectivity index (χ1) is 17.6. The third-order valence-electron chi connectivity index (χ3n) is 6.76. The highest BCUT2D eigenvalue weighted by Gasteiger charge is 2.20. The highest BCUT2D eigenvalue weighted by Crippen LogP contribution is 2.31. The van der Waals surface area contributed by atoms with Gasteiger partial charge in [0.05, 0.1) is 12.2 Å². The van der Waals surface area contributed by atoms with Crippen LogP contribution >= 0.6 is 0 Å². The Bertz CT molecular complexity index is 951. The van der Waals surface area contributed by atoms with Crippen molar-refractivity contribution < 1.29 is 28.8 Å². The normalized spacial score (nSPS) is 17.5. The lowest BCUT2D eigenvalue weighted by molar-refractivity contribution is -0.149. The van der Waals surface area contributed by atoms with Gasteiger partial charge in [0.1, 0.15) is 23.9 Å². The van der Waals surface area contributed by atoms with Gasteiger partial charge in [-0.05, 0) is 99.8 Å². The maximum Gasteiger partial charge on any atom is 0.333 e. The van der Waals surface area contributed by atoms with Crippen molar-refractivity contribution in [1.82, 2.24) is 0 Å². The van der Waals surface area contributed by atoms with E-state index in [-0.39, 0.29) is 0 Å². The van der Waals surface area contributed by atoms with E-state index in [9.17, 15) is 9.90 Å². The Morgan fingerprint density at radius 2 is 1.50 bits per heavy atom. The van der Waals surface area contributed by atoms with Crippen LogP contribution in [0.3, 0.4) is 0 Å². The third kappa shape index (κ3) is 8.02. The molecule has 6 nitrogen and oxygen atoms in total. The zero-order valence-corrected chi connectivity index (χ0v) is 21.2. The van der Waals surface area contributed by atoms with Crippen molar-refractivity contribution >= 4 is 12.0 Å². The molecule has 36 heavy (non-hydrogen) atoms. The van der Waals surface area contributed by atoms with E-state index in [0.29, 0.717) is 31.8 Å². The van der Waals surface area contributed by atoms with Crippen LogP contribution in [-0.4, -0.2) is 42.6 Å². The molecule has 2 aromatic carbocycles. The average molecular weight is 495 g/mol. The fraction of sp³-hybridized carbons (Fsp3) is 0.500. The number of hydrogen-bond acceptors (Lipinski definition) is 5. The molecule has 1 atom stereocenters. The SMILES string of the molecule is CCO[C@@H](Cc1ccc(OCC=Cc2cc(OC3CCCC3)cc(OC3CCCC3)c2)cc1)C(=O)O. The number of hydrogen-bond donors (Lipinski definition) is 1. The minimum Gasteiger partial charge on any atom is -0.490 e. The summed E-state index contributed by atoms with van der Waals surface area (Å²) in [6.07, 6.45) is 13.5. The molecule has 0 bridgehead atoms. The summed E-state index contributed by atoms with van der Waals surface area (Å²) in [7, 11) is 0. The zero-order valence-electron chi connectivity index (χ0n) is 21.2.